The van der Waals surface area contributed by atoms with E-state index >= 15 is 0 Å². The average Bonchev–Trinajstić information content (AvgIpc) is 3.56. The highest BCUT2D eigenvalue weighted by atomic mass is 35.5. The van der Waals surface area contributed by atoms with E-state index in [0.717, 1.165) is 22.2 Å². The molecular formula is C25H18ClNO7S. The van der Waals surface area contributed by atoms with Crippen molar-refractivity contribution in [1.82, 2.24) is 4.90 Å². The number of nitrogens with zero attached hydrogens (tertiary/aromatic N) is 1. The molecule has 5 rings (SSSR count). The SMILES string of the molecule is CCOC(=O)c1ccc(-c2ccc(C=C3SC(=O)N(Cc4cc5c(cc4Cl)OCO5)C3=O)o2)cc1. The van der Waals surface area contributed by atoms with Gasteiger partial charge in [-0.05, 0) is 54.6 Å². The van der Waals surface area contributed by atoms with Crippen LogP contribution in [0.25, 0.3) is 17.4 Å². The Morgan fingerprint density at radius 1 is 1.11 bits per heavy atom. The third kappa shape index (κ3) is 4.65. The van der Waals surface area contributed by atoms with Crippen molar-refractivity contribution in [3.05, 3.63) is 75.3 Å². The van der Waals surface area contributed by atoms with E-state index in [9.17, 15) is 14.4 Å². The molecule has 0 radical (unpaired) electrons. The van der Waals surface area contributed by atoms with Gasteiger partial charge in [0.15, 0.2) is 11.5 Å². The lowest BCUT2D eigenvalue weighted by Gasteiger charge is -2.14. The molecule has 0 aliphatic carbocycles. The summed E-state index contributed by atoms with van der Waals surface area (Å²) in [5.41, 5.74) is 1.77. The lowest BCUT2D eigenvalue weighted by atomic mass is 10.1. The molecule has 0 unspecified atom stereocenters. The lowest BCUT2D eigenvalue weighted by Crippen LogP contribution is -2.27. The quantitative estimate of drug-likeness (QED) is 0.305. The molecule has 0 saturated carbocycles. The van der Waals surface area contributed by atoms with Gasteiger partial charge in [0.2, 0.25) is 6.79 Å². The number of halogens is 1. The zero-order valence-electron chi connectivity index (χ0n) is 18.4. The van der Waals surface area contributed by atoms with Crippen LogP contribution in [-0.2, 0) is 16.1 Å². The molecule has 2 amide bonds. The molecule has 0 spiro atoms. The van der Waals surface area contributed by atoms with Gasteiger partial charge >= 0.3 is 5.97 Å². The summed E-state index contributed by atoms with van der Waals surface area (Å²) in [4.78, 5) is 38.7. The van der Waals surface area contributed by atoms with E-state index in [1.165, 1.54) is 6.08 Å². The summed E-state index contributed by atoms with van der Waals surface area (Å²) in [6, 6.07) is 13.5. The van der Waals surface area contributed by atoms with Crippen molar-refractivity contribution in [3.63, 3.8) is 0 Å². The predicted octanol–water partition coefficient (Wildman–Crippen LogP) is 5.74. The fourth-order valence-corrected chi connectivity index (χ4v) is 4.62. The molecule has 178 valence electrons. The summed E-state index contributed by atoms with van der Waals surface area (Å²) in [6.45, 7) is 2.16. The number of hydrogen-bond acceptors (Lipinski definition) is 8. The minimum atomic E-state index is -0.439. The van der Waals surface area contributed by atoms with Crippen molar-refractivity contribution in [2.45, 2.75) is 13.5 Å². The van der Waals surface area contributed by atoms with Crippen molar-refractivity contribution in [3.8, 4) is 22.8 Å². The highest BCUT2D eigenvalue weighted by Gasteiger charge is 2.36. The second-order valence-corrected chi connectivity index (χ2v) is 8.96. The highest BCUT2D eigenvalue weighted by molar-refractivity contribution is 8.18. The fraction of sp³-hybridized carbons (Fsp3) is 0.160. The van der Waals surface area contributed by atoms with E-state index in [-0.39, 0.29) is 18.2 Å². The second-order valence-electron chi connectivity index (χ2n) is 7.56. The molecular weight excluding hydrogens is 494 g/mol. The minimum Gasteiger partial charge on any atom is -0.462 e. The van der Waals surface area contributed by atoms with Gasteiger partial charge in [0.05, 0.1) is 23.6 Å². The van der Waals surface area contributed by atoms with Crippen LogP contribution < -0.4 is 9.47 Å². The number of esters is 1. The van der Waals surface area contributed by atoms with Gasteiger partial charge in [-0.3, -0.25) is 14.5 Å². The Kier molecular flexibility index (Phi) is 6.27. The zero-order valence-corrected chi connectivity index (χ0v) is 20.0. The number of imide groups is 1. The molecule has 2 aliphatic heterocycles. The number of carbonyl (C=O) groups is 3. The number of fused-ring (bicyclic) bond motifs is 1. The van der Waals surface area contributed by atoms with Crippen LogP contribution in [0, 0.1) is 0 Å². The monoisotopic (exact) mass is 511 g/mol. The number of ether oxygens (including phenoxy) is 3. The molecule has 35 heavy (non-hydrogen) atoms. The number of rotatable bonds is 6. The van der Waals surface area contributed by atoms with Crippen LogP contribution in [-0.4, -0.2) is 35.4 Å². The van der Waals surface area contributed by atoms with Gasteiger partial charge in [0.1, 0.15) is 11.5 Å². The summed E-state index contributed by atoms with van der Waals surface area (Å²) in [5.74, 6) is 1.18. The number of amides is 2. The smallest absolute Gasteiger partial charge is 0.338 e. The number of hydrogen-bond donors (Lipinski definition) is 0. The van der Waals surface area contributed by atoms with Crippen molar-refractivity contribution < 1.29 is 33.0 Å². The largest absolute Gasteiger partial charge is 0.462 e. The van der Waals surface area contributed by atoms with Crippen LogP contribution >= 0.6 is 23.4 Å². The van der Waals surface area contributed by atoms with Crippen LogP contribution in [0.3, 0.4) is 0 Å². The van der Waals surface area contributed by atoms with Gasteiger partial charge in [-0.1, -0.05) is 23.7 Å². The van der Waals surface area contributed by atoms with Crippen molar-refractivity contribution in [1.29, 1.82) is 0 Å². The van der Waals surface area contributed by atoms with Gasteiger partial charge in [0.25, 0.3) is 11.1 Å². The fourth-order valence-electron chi connectivity index (χ4n) is 3.59. The predicted molar refractivity (Wildman–Crippen MR) is 129 cm³/mol. The maximum atomic E-state index is 12.9. The minimum absolute atomic E-state index is 0.00764. The molecule has 0 atom stereocenters. The molecule has 1 fully saturated rings. The Labute approximate surface area is 209 Å². The Morgan fingerprint density at radius 2 is 1.86 bits per heavy atom. The van der Waals surface area contributed by atoms with E-state index in [1.807, 2.05) is 0 Å². The Hall–Kier alpha value is -3.69. The zero-order chi connectivity index (χ0) is 24.5. The Bertz CT molecular complexity index is 1360. The first-order valence-electron chi connectivity index (χ1n) is 10.6. The van der Waals surface area contributed by atoms with Crippen LogP contribution in [0.1, 0.15) is 28.6 Å². The molecule has 8 nitrogen and oxygen atoms in total. The van der Waals surface area contributed by atoms with E-state index in [1.54, 1.807) is 55.5 Å². The molecule has 1 aromatic heterocycles. The molecule has 0 N–H and O–H groups in total. The van der Waals surface area contributed by atoms with Gasteiger partial charge in [0, 0.05) is 22.7 Å². The summed E-state index contributed by atoms with van der Waals surface area (Å²) in [6.07, 6.45) is 1.53. The van der Waals surface area contributed by atoms with Crippen LogP contribution in [0.5, 0.6) is 11.5 Å². The maximum Gasteiger partial charge on any atom is 0.338 e. The van der Waals surface area contributed by atoms with Gasteiger partial charge < -0.3 is 18.6 Å². The number of furan rings is 1. The number of thioether (sulfide) groups is 1. The third-order valence-corrected chi connectivity index (χ3v) is 6.58. The van der Waals surface area contributed by atoms with E-state index in [2.05, 4.69) is 0 Å². The third-order valence-electron chi connectivity index (χ3n) is 5.32. The maximum absolute atomic E-state index is 12.9. The second kappa shape index (κ2) is 9.52. The normalized spacial score (nSPS) is 15.8. The first kappa shape index (κ1) is 23.1. The molecule has 2 aliphatic rings. The van der Waals surface area contributed by atoms with E-state index < -0.39 is 17.1 Å². The van der Waals surface area contributed by atoms with E-state index in [4.69, 9.17) is 30.2 Å². The molecule has 0 bridgehead atoms. The standard InChI is InChI=1S/C25H18ClNO7S/c1-2-31-24(29)15-5-3-14(4-6-15)19-8-7-17(34-19)10-22-23(28)27(25(30)35-22)12-16-9-20-21(11-18(16)26)33-13-32-20/h3-11H,2,12-13H2,1H3. The topological polar surface area (TPSA) is 95.3 Å². The molecule has 3 heterocycles. The number of carbonyl (C=O) groups excluding carboxylic acids is 3. The van der Waals surface area contributed by atoms with Crippen molar-refractivity contribution in [2.75, 3.05) is 13.4 Å². The number of benzene rings is 2. The molecule has 3 aromatic rings. The summed E-state index contributed by atoms with van der Waals surface area (Å²) >= 11 is 7.13. The summed E-state index contributed by atoms with van der Waals surface area (Å²) < 4.78 is 21.5. The van der Waals surface area contributed by atoms with Crippen LogP contribution in [0.2, 0.25) is 5.02 Å². The van der Waals surface area contributed by atoms with Gasteiger partial charge in [-0.25, -0.2) is 4.79 Å². The molecule has 1 saturated heterocycles. The highest BCUT2D eigenvalue weighted by Crippen LogP contribution is 2.39. The summed E-state index contributed by atoms with van der Waals surface area (Å²) in [7, 11) is 0. The average molecular weight is 512 g/mol. The Morgan fingerprint density at radius 3 is 2.60 bits per heavy atom. The van der Waals surface area contributed by atoms with Crippen LogP contribution in [0.4, 0.5) is 4.79 Å². The lowest BCUT2D eigenvalue weighted by molar-refractivity contribution is -0.123. The van der Waals surface area contributed by atoms with Crippen molar-refractivity contribution in [2.24, 2.45) is 0 Å². The van der Waals surface area contributed by atoms with E-state index in [0.29, 0.717) is 45.8 Å². The first-order valence-corrected chi connectivity index (χ1v) is 11.8. The summed E-state index contributed by atoms with van der Waals surface area (Å²) in [5, 5.41) is -0.0294. The Balaban J connectivity index is 1.31. The van der Waals surface area contributed by atoms with Crippen LogP contribution in [0.15, 0.2) is 57.9 Å². The van der Waals surface area contributed by atoms with Gasteiger partial charge in [-0.15, -0.1) is 0 Å². The van der Waals surface area contributed by atoms with Crippen molar-refractivity contribution >= 4 is 46.6 Å². The molecule has 2 aromatic carbocycles. The van der Waals surface area contributed by atoms with Gasteiger partial charge in [-0.2, -0.15) is 0 Å². The molecule has 10 heteroatoms. The first-order chi connectivity index (χ1) is 16.9.